The molecular formula is C23H24N2. The average Bonchev–Trinajstić information content (AvgIpc) is 3.14. The van der Waals surface area contributed by atoms with Crippen LogP contribution in [0.3, 0.4) is 0 Å². The van der Waals surface area contributed by atoms with Crippen molar-refractivity contribution in [2.24, 2.45) is 11.3 Å². The standard InChI is InChI=1S/C23H24N2/c1-25-14-20-7-9-22-21-8-6-18(17-4-2-16(13-24)3-5-17)12-19(21)10-11-23(20,22)15-25/h2-6,8,12,20,22H,7,9-11,14-15H2,1H3/t20-,22-,23+/m1/s1. The summed E-state index contributed by atoms with van der Waals surface area (Å²) in [5.41, 5.74) is 6.97. The number of rotatable bonds is 1. The Bertz CT molecular complexity index is 861. The number of hydrogen-bond acceptors (Lipinski definition) is 2. The highest BCUT2D eigenvalue weighted by Crippen LogP contribution is 2.61. The van der Waals surface area contributed by atoms with Crippen molar-refractivity contribution in [3.8, 4) is 17.2 Å². The summed E-state index contributed by atoms with van der Waals surface area (Å²) >= 11 is 0. The molecule has 1 saturated heterocycles. The molecule has 0 unspecified atom stereocenters. The summed E-state index contributed by atoms with van der Waals surface area (Å²) in [5.74, 6) is 1.68. The van der Waals surface area contributed by atoms with Crippen LogP contribution in [-0.4, -0.2) is 25.0 Å². The van der Waals surface area contributed by atoms with Gasteiger partial charge in [0.15, 0.2) is 0 Å². The largest absolute Gasteiger partial charge is 0.305 e. The molecular weight excluding hydrogens is 304 g/mol. The van der Waals surface area contributed by atoms with E-state index in [1.54, 1.807) is 11.1 Å². The van der Waals surface area contributed by atoms with Gasteiger partial charge in [-0.05, 0) is 84.4 Å². The molecule has 126 valence electrons. The highest BCUT2D eigenvalue weighted by Gasteiger charge is 2.56. The van der Waals surface area contributed by atoms with Crippen LogP contribution in [0.1, 0.15) is 41.9 Å². The molecule has 2 aromatic carbocycles. The normalized spacial score (nSPS) is 30.4. The maximum atomic E-state index is 8.98. The predicted octanol–water partition coefficient (Wildman–Crippen LogP) is 4.60. The highest BCUT2D eigenvalue weighted by atomic mass is 15.1. The fourth-order valence-corrected chi connectivity index (χ4v) is 6.05. The monoisotopic (exact) mass is 328 g/mol. The van der Waals surface area contributed by atoms with Crippen molar-refractivity contribution < 1.29 is 0 Å². The number of likely N-dealkylation sites (tertiary alicyclic amines) is 1. The number of fused-ring (bicyclic) bond motifs is 2. The molecule has 1 spiro atoms. The van der Waals surface area contributed by atoms with E-state index in [2.05, 4.69) is 48.3 Å². The van der Waals surface area contributed by atoms with Gasteiger partial charge in [0.1, 0.15) is 0 Å². The summed E-state index contributed by atoms with van der Waals surface area (Å²) in [6.45, 7) is 2.59. The first-order chi connectivity index (χ1) is 12.2. The van der Waals surface area contributed by atoms with Crippen LogP contribution < -0.4 is 0 Å². The van der Waals surface area contributed by atoms with Gasteiger partial charge >= 0.3 is 0 Å². The summed E-state index contributed by atoms with van der Waals surface area (Å²) in [5, 5.41) is 8.98. The molecule has 0 aromatic heterocycles. The van der Waals surface area contributed by atoms with Crippen molar-refractivity contribution in [2.45, 2.75) is 31.6 Å². The Morgan fingerprint density at radius 3 is 2.68 bits per heavy atom. The average molecular weight is 328 g/mol. The van der Waals surface area contributed by atoms with Gasteiger partial charge in [-0.3, -0.25) is 0 Å². The van der Waals surface area contributed by atoms with Crippen molar-refractivity contribution in [1.29, 1.82) is 5.26 Å². The van der Waals surface area contributed by atoms with E-state index in [1.165, 1.54) is 49.9 Å². The maximum Gasteiger partial charge on any atom is 0.0991 e. The molecule has 25 heavy (non-hydrogen) atoms. The van der Waals surface area contributed by atoms with E-state index in [0.29, 0.717) is 5.41 Å². The molecule has 1 saturated carbocycles. The minimum Gasteiger partial charge on any atom is -0.305 e. The highest BCUT2D eigenvalue weighted by molar-refractivity contribution is 5.66. The van der Waals surface area contributed by atoms with Gasteiger partial charge in [-0.2, -0.15) is 5.26 Å². The quantitative estimate of drug-likeness (QED) is 0.765. The molecule has 2 aromatic rings. The molecule has 0 N–H and O–H groups in total. The van der Waals surface area contributed by atoms with Crippen molar-refractivity contribution >= 4 is 0 Å². The number of nitriles is 1. The molecule has 1 heterocycles. The Balaban J connectivity index is 1.51. The van der Waals surface area contributed by atoms with Crippen LogP contribution in [-0.2, 0) is 6.42 Å². The van der Waals surface area contributed by atoms with Crippen LogP contribution in [0.15, 0.2) is 42.5 Å². The van der Waals surface area contributed by atoms with Crippen LogP contribution in [0, 0.1) is 22.7 Å². The molecule has 0 bridgehead atoms. The van der Waals surface area contributed by atoms with E-state index < -0.39 is 0 Å². The molecule has 3 aliphatic rings. The van der Waals surface area contributed by atoms with Gasteiger partial charge in [-0.1, -0.05) is 30.3 Å². The van der Waals surface area contributed by atoms with E-state index in [4.69, 9.17) is 5.26 Å². The number of hydrogen-bond donors (Lipinski definition) is 0. The van der Waals surface area contributed by atoms with Crippen LogP contribution >= 0.6 is 0 Å². The maximum absolute atomic E-state index is 8.98. The lowest BCUT2D eigenvalue weighted by Gasteiger charge is -2.41. The summed E-state index contributed by atoms with van der Waals surface area (Å²) in [6, 6.07) is 17.3. The van der Waals surface area contributed by atoms with Crippen molar-refractivity contribution in [3.05, 3.63) is 59.2 Å². The van der Waals surface area contributed by atoms with Gasteiger partial charge in [0.25, 0.3) is 0 Å². The third-order valence-electron chi connectivity index (χ3n) is 7.13. The molecule has 2 aliphatic carbocycles. The Kier molecular flexibility index (Phi) is 3.30. The van der Waals surface area contributed by atoms with Gasteiger partial charge in [-0.15, -0.1) is 0 Å². The van der Waals surface area contributed by atoms with E-state index in [-0.39, 0.29) is 0 Å². The Hall–Kier alpha value is -2.11. The Labute approximate surface area is 150 Å². The third kappa shape index (κ3) is 2.19. The second-order valence-electron chi connectivity index (χ2n) is 8.36. The summed E-state index contributed by atoms with van der Waals surface area (Å²) in [7, 11) is 2.30. The first kappa shape index (κ1) is 15.2. The first-order valence-electron chi connectivity index (χ1n) is 9.51. The predicted molar refractivity (Wildman–Crippen MR) is 100 cm³/mol. The number of aryl methyl sites for hydroxylation is 1. The molecule has 2 nitrogen and oxygen atoms in total. The SMILES string of the molecule is CN1C[C@H]2CC[C@@H]3c4ccc(-c5ccc(C#N)cc5)cc4CC[C@]23C1. The fraction of sp³-hybridized carbons (Fsp3) is 0.435. The molecule has 0 radical (unpaired) electrons. The van der Waals surface area contributed by atoms with Gasteiger partial charge < -0.3 is 4.90 Å². The third-order valence-corrected chi connectivity index (χ3v) is 7.13. The van der Waals surface area contributed by atoms with Crippen LogP contribution in [0.2, 0.25) is 0 Å². The zero-order chi connectivity index (χ0) is 17.0. The molecule has 3 atom stereocenters. The Morgan fingerprint density at radius 1 is 1.08 bits per heavy atom. The summed E-state index contributed by atoms with van der Waals surface area (Å²) in [4.78, 5) is 2.56. The van der Waals surface area contributed by atoms with Gasteiger partial charge in [0, 0.05) is 13.1 Å². The molecule has 2 heteroatoms. The van der Waals surface area contributed by atoms with Gasteiger partial charge in [-0.25, -0.2) is 0 Å². The van der Waals surface area contributed by atoms with Crippen LogP contribution in [0.5, 0.6) is 0 Å². The van der Waals surface area contributed by atoms with Crippen molar-refractivity contribution in [2.75, 3.05) is 20.1 Å². The number of nitrogens with zero attached hydrogens (tertiary/aromatic N) is 2. The second-order valence-corrected chi connectivity index (χ2v) is 8.36. The minimum atomic E-state index is 0.553. The van der Waals surface area contributed by atoms with E-state index >= 15 is 0 Å². The topological polar surface area (TPSA) is 27.0 Å². The lowest BCUT2D eigenvalue weighted by Crippen LogP contribution is -2.36. The molecule has 0 amide bonds. The van der Waals surface area contributed by atoms with E-state index in [0.717, 1.165) is 17.4 Å². The lowest BCUT2D eigenvalue weighted by molar-refractivity contribution is 0.190. The lowest BCUT2D eigenvalue weighted by atomic mass is 9.63. The smallest absolute Gasteiger partial charge is 0.0991 e. The van der Waals surface area contributed by atoms with Crippen LogP contribution in [0.25, 0.3) is 11.1 Å². The first-order valence-corrected chi connectivity index (χ1v) is 9.51. The van der Waals surface area contributed by atoms with Gasteiger partial charge in [0.2, 0.25) is 0 Å². The molecule has 1 aliphatic heterocycles. The number of benzene rings is 2. The zero-order valence-electron chi connectivity index (χ0n) is 14.8. The van der Waals surface area contributed by atoms with E-state index in [1.807, 2.05) is 12.1 Å². The zero-order valence-corrected chi connectivity index (χ0v) is 14.8. The Morgan fingerprint density at radius 2 is 1.88 bits per heavy atom. The van der Waals surface area contributed by atoms with Crippen molar-refractivity contribution in [3.63, 3.8) is 0 Å². The summed E-state index contributed by atoms with van der Waals surface area (Å²) in [6.07, 6.45) is 5.37. The van der Waals surface area contributed by atoms with E-state index in [9.17, 15) is 0 Å². The fourth-order valence-electron chi connectivity index (χ4n) is 6.05. The minimum absolute atomic E-state index is 0.553. The van der Waals surface area contributed by atoms with Crippen LogP contribution in [0.4, 0.5) is 0 Å². The van der Waals surface area contributed by atoms with Crippen molar-refractivity contribution in [1.82, 2.24) is 4.90 Å². The van der Waals surface area contributed by atoms with Gasteiger partial charge in [0.05, 0.1) is 11.6 Å². The molecule has 2 fully saturated rings. The molecule has 5 rings (SSSR count). The second kappa shape index (κ2) is 5.44. The summed E-state index contributed by atoms with van der Waals surface area (Å²) < 4.78 is 0.